The Balaban J connectivity index is 1.99. The lowest BCUT2D eigenvalue weighted by Gasteiger charge is -2.01. The average molecular weight is 395 g/mol. The van der Waals surface area contributed by atoms with Crippen LogP contribution in [0.25, 0.3) is 33.3 Å². The smallest absolute Gasteiger partial charge is 0.227 e. The van der Waals surface area contributed by atoms with Gasteiger partial charge in [0.25, 0.3) is 0 Å². The Labute approximate surface area is 143 Å². The number of aromatic nitrogens is 3. The summed E-state index contributed by atoms with van der Waals surface area (Å²) in [4.78, 5) is 12.0. The van der Waals surface area contributed by atoms with Crippen LogP contribution in [0.3, 0.4) is 0 Å². The Morgan fingerprint density at radius 3 is 2.18 bits per heavy atom. The number of hydrogen-bond acceptors (Lipinski definition) is 4. The molecule has 2 aromatic heterocycles. The van der Waals surface area contributed by atoms with Crippen LogP contribution in [0.15, 0.2) is 45.3 Å². The van der Waals surface area contributed by atoms with Crippen molar-refractivity contribution in [3.8, 4) is 11.4 Å². The van der Waals surface area contributed by atoms with E-state index in [0.717, 1.165) is 32.0 Å². The largest absolute Gasteiger partial charge is 0.456 e. The molecule has 0 spiro atoms. The highest BCUT2D eigenvalue weighted by atomic mass is 79.9. The highest BCUT2D eigenvalue weighted by Gasteiger charge is 2.11. The Hall–Kier alpha value is -1.69. The van der Waals surface area contributed by atoms with Crippen LogP contribution in [0.1, 0.15) is 0 Å². The second-order valence-corrected chi connectivity index (χ2v) is 6.24. The summed E-state index contributed by atoms with van der Waals surface area (Å²) >= 11 is 15.2. The molecule has 0 radical (unpaired) electrons. The summed E-state index contributed by atoms with van der Waals surface area (Å²) in [5, 5.41) is 2.11. The quantitative estimate of drug-likeness (QED) is 0.427. The third-order valence-corrected chi connectivity index (χ3v) is 4.10. The fraction of sp³-hybridized carbons (Fsp3) is 0. The van der Waals surface area contributed by atoms with Crippen LogP contribution in [0.2, 0.25) is 10.6 Å². The summed E-state index contributed by atoms with van der Waals surface area (Å²) in [6.07, 6.45) is 0. The van der Waals surface area contributed by atoms with Gasteiger partial charge in [-0.25, -0.2) is 0 Å². The van der Waals surface area contributed by atoms with E-state index < -0.39 is 0 Å². The van der Waals surface area contributed by atoms with Gasteiger partial charge in [0.2, 0.25) is 10.6 Å². The van der Waals surface area contributed by atoms with Crippen molar-refractivity contribution in [2.24, 2.45) is 0 Å². The predicted molar refractivity (Wildman–Crippen MR) is 90.3 cm³/mol. The number of furan rings is 1. The lowest BCUT2D eigenvalue weighted by atomic mass is 10.1. The number of nitrogens with zero attached hydrogens (tertiary/aromatic N) is 3. The Morgan fingerprint density at radius 1 is 0.818 bits per heavy atom. The molecule has 0 N–H and O–H groups in total. The minimum absolute atomic E-state index is 0.0647. The first-order valence-corrected chi connectivity index (χ1v) is 7.84. The van der Waals surface area contributed by atoms with E-state index in [0.29, 0.717) is 5.82 Å². The SMILES string of the molecule is Clc1nc(Cl)nc(-c2ccc3oc4ccc(Br)cc4c3c2)n1. The Morgan fingerprint density at radius 2 is 1.45 bits per heavy atom. The van der Waals surface area contributed by atoms with Crippen LogP contribution in [-0.4, -0.2) is 15.0 Å². The van der Waals surface area contributed by atoms with Gasteiger partial charge >= 0.3 is 0 Å². The molecule has 22 heavy (non-hydrogen) atoms. The molecule has 4 aromatic rings. The fourth-order valence-corrected chi connectivity index (χ4v) is 3.07. The molecule has 2 aromatic carbocycles. The van der Waals surface area contributed by atoms with E-state index in [-0.39, 0.29) is 10.6 Å². The zero-order valence-corrected chi connectivity index (χ0v) is 13.9. The number of halogens is 3. The van der Waals surface area contributed by atoms with E-state index in [4.69, 9.17) is 27.6 Å². The van der Waals surface area contributed by atoms with Gasteiger partial charge in [-0.15, -0.1) is 0 Å². The second-order valence-electron chi connectivity index (χ2n) is 4.65. The van der Waals surface area contributed by atoms with Crippen LogP contribution >= 0.6 is 39.1 Å². The van der Waals surface area contributed by atoms with E-state index >= 15 is 0 Å². The molecule has 0 bridgehead atoms. The summed E-state index contributed by atoms with van der Waals surface area (Å²) in [5.41, 5.74) is 2.41. The molecule has 0 fully saturated rings. The number of fused-ring (bicyclic) bond motifs is 3. The predicted octanol–water partition coefficient (Wildman–Crippen LogP) is 5.51. The molecular formula is C15H6BrCl2N3O. The molecule has 0 unspecified atom stereocenters. The number of rotatable bonds is 1. The van der Waals surface area contributed by atoms with Crippen molar-refractivity contribution in [2.75, 3.05) is 0 Å². The third kappa shape index (κ3) is 2.35. The van der Waals surface area contributed by atoms with Gasteiger partial charge in [-0.1, -0.05) is 15.9 Å². The lowest BCUT2D eigenvalue weighted by Crippen LogP contribution is -1.93. The van der Waals surface area contributed by atoms with Gasteiger partial charge in [0, 0.05) is 20.8 Å². The number of hydrogen-bond donors (Lipinski definition) is 0. The summed E-state index contributed by atoms with van der Waals surface area (Å²) in [6, 6.07) is 11.6. The van der Waals surface area contributed by atoms with Crippen LogP contribution < -0.4 is 0 Å². The maximum atomic E-state index is 5.84. The van der Waals surface area contributed by atoms with Crippen molar-refractivity contribution in [3.63, 3.8) is 0 Å². The molecule has 0 amide bonds. The van der Waals surface area contributed by atoms with Crippen molar-refractivity contribution < 1.29 is 4.42 Å². The lowest BCUT2D eigenvalue weighted by molar-refractivity contribution is 0.669. The van der Waals surface area contributed by atoms with Gasteiger partial charge in [-0.2, -0.15) is 15.0 Å². The standard InChI is InChI=1S/C15H6BrCl2N3O/c16-8-2-4-12-10(6-8)9-5-7(1-3-11(9)22-12)13-19-14(17)21-15(18)20-13/h1-6H. The maximum Gasteiger partial charge on any atom is 0.227 e. The topological polar surface area (TPSA) is 51.8 Å². The molecule has 0 saturated heterocycles. The van der Waals surface area contributed by atoms with Crippen molar-refractivity contribution in [1.29, 1.82) is 0 Å². The first-order valence-electron chi connectivity index (χ1n) is 6.29. The van der Waals surface area contributed by atoms with Gasteiger partial charge in [0.1, 0.15) is 11.2 Å². The monoisotopic (exact) mass is 393 g/mol. The van der Waals surface area contributed by atoms with Gasteiger partial charge < -0.3 is 4.42 Å². The molecule has 0 aliphatic rings. The van der Waals surface area contributed by atoms with Gasteiger partial charge in [-0.3, -0.25) is 0 Å². The van der Waals surface area contributed by atoms with Crippen LogP contribution in [0.5, 0.6) is 0 Å². The Kier molecular flexibility index (Phi) is 3.29. The average Bonchev–Trinajstić information content (AvgIpc) is 2.83. The highest BCUT2D eigenvalue weighted by Crippen LogP contribution is 2.33. The van der Waals surface area contributed by atoms with E-state index in [9.17, 15) is 0 Å². The highest BCUT2D eigenvalue weighted by molar-refractivity contribution is 9.10. The zero-order valence-electron chi connectivity index (χ0n) is 10.8. The first kappa shape index (κ1) is 13.9. The van der Waals surface area contributed by atoms with Crippen LogP contribution in [-0.2, 0) is 0 Å². The van der Waals surface area contributed by atoms with Gasteiger partial charge in [-0.05, 0) is 59.6 Å². The normalized spacial score (nSPS) is 11.4. The Bertz CT molecular complexity index is 1010. The molecule has 4 rings (SSSR count). The summed E-state index contributed by atoms with van der Waals surface area (Å²) < 4.78 is 6.81. The molecule has 4 nitrogen and oxygen atoms in total. The molecule has 2 heterocycles. The van der Waals surface area contributed by atoms with Crippen molar-refractivity contribution in [1.82, 2.24) is 15.0 Å². The van der Waals surface area contributed by atoms with Crippen molar-refractivity contribution in [2.45, 2.75) is 0 Å². The molecule has 7 heteroatoms. The summed E-state index contributed by atoms with van der Waals surface area (Å²) in [6.45, 7) is 0. The van der Waals surface area contributed by atoms with E-state index in [1.165, 1.54) is 0 Å². The van der Waals surface area contributed by atoms with Crippen LogP contribution in [0, 0.1) is 0 Å². The maximum absolute atomic E-state index is 5.84. The zero-order chi connectivity index (χ0) is 15.3. The van der Waals surface area contributed by atoms with Gasteiger partial charge in [0.15, 0.2) is 5.82 Å². The number of benzene rings is 2. The van der Waals surface area contributed by atoms with E-state index in [1.54, 1.807) is 0 Å². The minimum Gasteiger partial charge on any atom is -0.456 e. The molecule has 108 valence electrons. The van der Waals surface area contributed by atoms with Gasteiger partial charge in [0.05, 0.1) is 0 Å². The van der Waals surface area contributed by atoms with Crippen LogP contribution in [0.4, 0.5) is 0 Å². The minimum atomic E-state index is 0.0647. The van der Waals surface area contributed by atoms with E-state index in [2.05, 4.69) is 30.9 Å². The van der Waals surface area contributed by atoms with E-state index in [1.807, 2.05) is 36.4 Å². The molecule has 0 atom stereocenters. The molecular weight excluding hydrogens is 389 g/mol. The molecule has 0 aliphatic carbocycles. The summed E-state index contributed by atoms with van der Waals surface area (Å²) in [7, 11) is 0. The first-order chi connectivity index (χ1) is 10.6. The molecule has 0 aliphatic heterocycles. The second kappa shape index (κ2) is 5.19. The molecule has 0 saturated carbocycles. The summed E-state index contributed by atoms with van der Waals surface area (Å²) in [5.74, 6) is 0.427. The fourth-order valence-electron chi connectivity index (χ4n) is 2.34. The van der Waals surface area contributed by atoms with Crippen molar-refractivity contribution in [3.05, 3.63) is 51.4 Å². The van der Waals surface area contributed by atoms with Crippen molar-refractivity contribution >= 4 is 61.1 Å². The third-order valence-electron chi connectivity index (χ3n) is 3.27.